The lowest BCUT2D eigenvalue weighted by Crippen LogP contribution is -2.40. The number of rotatable bonds is 3. The van der Waals surface area contributed by atoms with Crippen LogP contribution in [0.2, 0.25) is 0 Å². The summed E-state index contributed by atoms with van der Waals surface area (Å²) in [5.41, 5.74) is 3.62. The second-order valence-electron chi connectivity index (χ2n) is 7.53. The summed E-state index contributed by atoms with van der Waals surface area (Å²) in [6.45, 7) is 7.49. The van der Waals surface area contributed by atoms with Crippen molar-refractivity contribution in [2.75, 3.05) is 13.1 Å². The molecule has 1 unspecified atom stereocenters. The van der Waals surface area contributed by atoms with Crippen molar-refractivity contribution in [3.05, 3.63) is 70.8 Å². The maximum atomic E-state index is 12.4. The first kappa shape index (κ1) is 17.2. The number of carbonyl (C=O) groups excluding carboxylic acids is 2. The lowest BCUT2D eigenvalue weighted by molar-refractivity contribution is 0.0935. The Hall–Kier alpha value is -2.62. The Morgan fingerprint density at radius 1 is 1.12 bits per heavy atom. The van der Waals surface area contributed by atoms with Crippen LogP contribution in [0.25, 0.3) is 0 Å². The van der Waals surface area contributed by atoms with E-state index in [1.165, 1.54) is 5.56 Å². The lowest BCUT2D eigenvalue weighted by atomic mass is 9.86. The number of carbonyl (C=O) groups is 2. The van der Waals surface area contributed by atoms with Crippen molar-refractivity contribution in [2.24, 2.45) is 0 Å². The zero-order chi connectivity index (χ0) is 18.0. The smallest absolute Gasteiger partial charge is 0.251 e. The quantitative estimate of drug-likeness (QED) is 0.904. The molecular weight excluding hydrogens is 312 g/mol. The topological polar surface area (TPSA) is 58.2 Å². The van der Waals surface area contributed by atoms with Crippen LogP contribution in [0.4, 0.5) is 0 Å². The number of nitrogens with one attached hydrogen (secondary N) is 2. The van der Waals surface area contributed by atoms with Gasteiger partial charge in [0.05, 0.1) is 0 Å². The van der Waals surface area contributed by atoms with E-state index in [1.807, 2.05) is 48.5 Å². The van der Waals surface area contributed by atoms with E-state index in [9.17, 15) is 9.59 Å². The van der Waals surface area contributed by atoms with Gasteiger partial charge in [0.1, 0.15) is 0 Å². The molecule has 0 bridgehead atoms. The first-order chi connectivity index (χ1) is 11.9. The summed E-state index contributed by atoms with van der Waals surface area (Å²) in [6, 6.07) is 15.3. The van der Waals surface area contributed by atoms with Gasteiger partial charge in [0, 0.05) is 30.1 Å². The van der Waals surface area contributed by atoms with E-state index in [1.54, 1.807) is 0 Å². The number of hydrogen-bond acceptors (Lipinski definition) is 2. The van der Waals surface area contributed by atoms with Gasteiger partial charge in [-0.2, -0.15) is 0 Å². The molecule has 0 saturated carbocycles. The predicted octanol–water partition coefficient (Wildman–Crippen LogP) is 3.24. The lowest BCUT2D eigenvalue weighted by Gasteiger charge is -2.26. The molecule has 25 heavy (non-hydrogen) atoms. The van der Waals surface area contributed by atoms with E-state index in [-0.39, 0.29) is 23.1 Å². The fourth-order valence-corrected chi connectivity index (χ4v) is 3.10. The number of benzene rings is 2. The van der Waals surface area contributed by atoms with Crippen LogP contribution >= 0.6 is 0 Å². The molecule has 0 aliphatic carbocycles. The molecule has 1 atom stereocenters. The van der Waals surface area contributed by atoms with Gasteiger partial charge in [-0.15, -0.1) is 0 Å². The Bertz CT molecular complexity index is 788. The molecule has 0 fully saturated rings. The molecule has 1 aliphatic rings. The zero-order valence-corrected chi connectivity index (χ0v) is 14.9. The standard InChI is InChI=1S/C21H24N2O2/c1-21(2,3)16-10-8-14(9-11-16)19(24)22-12-15-13-23-20(25)18-7-5-4-6-17(15)18/h4-11,15H,12-13H2,1-3H3,(H,22,24)(H,23,25). The maximum absolute atomic E-state index is 12.4. The van der Waals surface area contributed by atoms with Crippen molar-refractivity contribution in [3.8, 4) is 0 Å². The van der Waals surface area contributed by atoms with Gasteiger partial charge >= 0.3 is 0 Å². The Balaban J connectivity index is 1.67. The largest absolute Gasteiger partial charge is 0.351 e. The van der Waals surface area contributed by atoms with Crippen LogP contribution in [0.5, 0.6) is 0 Å². The van der Waals surface area contributed by atoms with Crippen molar-refractivity contribution in [1.82, 2.24) is 10.6 Å². The Labute approximate surface area is 148 Å². The van der Waals surface area contributed by atoms with Crippen molar-refractivity contribution in [1.29, 1.82) is 0 Å². The van der Waals surface area contributed by atoms with Crippen molar-refractivity contribution in [2.45, 2.75) is 32.1 Å². The minimum Gasteiger partial charge on any atom is -0.351 e. The van der Waals surface area contributed by atoms with Crippen LogP contribution in [0.1, 0.15) is 58.5 Å². The van der Waals surface area contributed by atoms with Gasteiger partial charge in [0.25, 0.3) is 11.8 Å². The monoisotopic (exact) mass is 336 g/mol. The number of fused-ring (bicyclic) bond motifs is 1. The highest BCUT2D eigenvalue weighted by Crippen LogP contribution is 2.24. The van der Waals surface area contributed by atoms with Crippen LogP contribution in [0.3, 0.4) is 0 Å². The predicted molar refractivity (Wildman–Crippen MR) is 99.0 cm³/mol. The van der Waals surface area contributed by atoms with Crippen molar-refractivity contribution in [3.63, 3.8) is 0 Å². The third-order valence-corrected chi connectivity index (χ3v) is 4.68. The molecule has 4 heteroatoms. The normalized spacial score (nSPS) is 16.8. The average Bonchev–Trinajstić information content (AvgIpc) is 2.60. The van der Waals surface area contributed by atoms with E-state index in [4.69, 9.17) is 0 Å². The molecule has 0 saturated heterocycles. The summed E-state index contributed by atoms with van der Waals surface area (Å²) < 4.78 is 0. The van der Waals surface area contributed by atoms with Gasteiger partial charge in [-0.25, -0.2) is 0 Å². The molecule has 1 heterocycles. The minimum atomic E-state index is -0.0881. The third kappa shape index (κ3) is 3.73. The molecule has 4 nitrogen and oxygen atoms in total. The van der Waals surface area contributed by atoms with E-state index in [0.717, 1.165) is 5.56 Å². The first-order valence-electron chi connectivity index (χ1n) is 8.62. The molecule has 2 amide bonds. The summed E-state index contributed by atoms with van der Waals surface area (Å²) in [5.74, 6) is -0.0440. The van der Waals surface area contributed by atoms with Gasteiger partial charge in [0.2, 0.25) is 0 Å². The molecule has 2 N–H and O–H groups in total. The van der Waals surface area contributed by atoms with Gasteiger partial charge in [-0.05, 0) is 34.7 Å². The summed E-state index contributed by atoms with van der Waals surface area (Å²) in [6.07, 6.45) is 0. The maximum Gasteiger partial charge on any atom is 0.251 e. The van der Waals surface area contributed by atoms with E-state index in [0.29, 0.717) is 24.2 Å². The summed E-state index contributed by atoms with van der Waals surface area (Å²) in [5, 5.41) is 5.88. The highest BCUT2D eigenvalue weighted by Gasteiger charge is 2.25. The molecule has 2 aromatic carbocycles. The average molecular weight is 336 g/mol. The molecule has 0 aromatic heterocycles. The van der Waals surface area contributed by atoms with Gasteiger partial charge in [0.15, 0.2) is 0 Å². The molecule has 2 aromatic rings. The summed E-state index contributed by atoms with van der Waals surface area (Å²) >= 11 is 0. The van der Waals surface area contributed by atoms with E-state index < -0.39 is 0 Å². The molecule has 1 aliphatic heterocycles. The van der Waals surface area contributed by atoms with Crippen LogP contribution < -0.4 is 10.6 Å². The highest BCUT2D eigenvalue weighted by molar-refractivity contribution is 5.97. The van der Waals surface area contributed by atoms with Crippen LogP contribution in [-0.4, -0.2) is 24.9 Å². The number of amides is 2. The summed E-state index contributed by atoms with van der Waals surface area (Å²) in [7, 11) is 0. The fraction of sp³-hybridized carbons (Fsp3) is 0.333. The first-order valence-corrected chi connectivity index (χ1v) is 8.62. The van der Waals surface area contributed by atoms with Gasteiger partial charge < -0.3 is 10.6 Å². The molecule has 3 rings (SSSR count). The second kappa shape index (κ2) is 6.71. The second-order valence-corrected chi connectivity index (χ2v) is 7.53. The third-order valence-electron chi connectivity index (χ3n) is 4.68. The molecule has 0 radical (unpaired) electrons. The molecular formula is C21H24N2O2. The zero-order valence-electron chi connectivity index (χ0n) is 14.9. The van der Waals surface area contributed by atoms with E-state index in [2.05, 4.69) is 31.4 Å². The highest BCUT2D eigenvalue weighted by atomic mass is 16.2. The molecule has 130 valence electrons. The minimum absolute atomic E-state index is 0.0454. The number of hydrogen-bond donors (Lipinski definition) is 2. The summed E-state index contributed by atoms with van der Waals surface area (Å²) in [4.78, 5) is 24.3. The molecule has 0 spiro atoms. The Morgan fingerprint density at radius 3 is 2.48 bits per heavy atom. The van der Waals surface area contributed by atoms with Gasteiger partial charge in [-0.3, -0.25) is 9.59 Å². The SMILES string of the molecule is CC(C)(C)c1ccc(C(=O)NCC2CNC(=O)c3ccccc32)cc1. The Morgan fingerprint density at radius 2 is 1.80 bits per heavy atom. The van der Waals surface area contributed by atoms with Gasteiger partial charge in [-0.1, -0.05) is 51.1 Å². The fourth-order valence-electron chi connectivity index (χ4n) is 3.10. The Kier molecular flexibility index (Phi) is 4.62. The van der Waals surface area contributed by atoms with Crippen molar-refractivity contribution < 1.29 is 9.59 Å². The van der Waals surface area contributed by atoms with Crippen LogP contribution in [0.15, 0.2) is 48.5 Å². The van der Waals surface area contributed by atoms with E-state index >= 15 is 0 Å². The van der Waals surface area contributed by atoms with Crippen LogP contribution in [0, 0.1) is 0 Å². The van der Waals surface area contributed by atoms with Crippen LogP contribution in [-0.2, 0) is 5.41 Å². The van der Waals surface area contributed by atoms with Crippen molar-refractivity contribution >= 4 is 11.8 Å².